The Bertz CT molecular complexity index is 1880. The van der Waals surface area contributed by atoms with E-state index in [1.807, 2.05) is 60.7 Å². The number of aromatic amines is 1. The molecule has 3 aromatic carbocycles. The summed E-state index contributed by atoms with van der Waals surface area (Å²) in [6.07, 6.45) is 0.808. The van der Waals surface area contributed by atoms with E-state index in [0.717, 1.165) is 21.9 Å². The maximum atomic E-state index is 13.9. The van der Waals surface area contributed by atoms with Crippen molar-refractivity contribution in [3.05, 3.63) is 99.0 Å². The highest BCUT2D eigenvalue weighted by Crippen LogP contribution is 2.68. The number of H-pyrrole nitrogens is 1. The van der Waals surface area contributed by atoms with Gasteiger partial charge in [0.05, 0.1) is 29.7 Å². The number of imide groups is 1. The van der Waals surface area contributed by atoms with Crippen molar-refractivity contribution in [3.63, 3.8) is 0 Å². The number of anilines is 2. The third-order valence-electron chi connectivity index (χ3n) is 9.70. The van der Waals surface area contributed by atoms with E-state index in [1.165, 1.54) is 16.2 Å². The zero-order chi connectivity index (χ0) is 30.8. The number of carbonyl (C=O) groups excluding carboxylic acids is 3. The van der Waals surface area contributed by atoms with Gasteiger partial charge in [0.2, 0.25) is 11.8 Å². The fraction of sp³-hybridized carbons (Fsp3) is 0.294. The van der Waals surface area contributed by atoms with Crippen LogP contribution in [-0.2, 0) is 14.4 Å². The minimum atomic E-state index is -0.378. The van der Waals surface area contributed by atoms with Gasteiger partial charge in [-0.25, -0.2) is 0 Å². The summed E-state index contributed by atoms with van der Waals surface area (Å²) >= 11 is 2.86. The molecule has 11 heteroatoms. The third kappa shape index (κ3) is 4.51. The Morgan fingerprint density at radius 3 is 2.38 bits per heavy atom. The Labute approximate surface area is 266 Å². The van der Waals surface area contributed by atoms with Gasteiger partial charge in [-0.2, -0.15) is 0 Å². The van der Waals surface area contributed by atoms with Gasteiger partial charge in [-0.3, -0.25) is 24.1 Å². The highest BCUT2D eigenvalue weighted by Gasteiger charge is 2.69. The topological polar surface area (TPSA) is 118 Å². The quantitative estimate of drug-likeness (QED) is 0.269. The number of methoxy groups -OCH3 is 1. The Hall–Kier alpha value is -4.35. The number of nitrogens with zero attached hydrogens (tertiary/aromatic N) is 1. The first-order valence-electron chi connectivity index (χ1n) is 14.9. The molecule has 2 saturated carbocycles. The number of hydrogen-bond donors (Lipinski definition) is 2. The summed E-state index contributed by atoms with van der Waals surface area (Å²) in [5.41, 5.74) is 2.25. The zero-order valence-electron chi connectivity index (χ0n) is 24.2. The number of ether oxygens (including phenoxy) is 2. The van der Waals surface area contributed by atoms with Crippen LogP contribution in [0.2, 0.25) is 0 Å². The molecule has 228 valence electrons. The van der Waals surface area contributed by atoms with Gasteiger partial charge >= 0.3 is 4.87 Å². The normalized spacial score (nSPS) is 27.6. The Balaban J connectivity index is 1.10. The molecule has 4 aromatic rings. The van der Waals surface area contributed by atoms with Crippen LogP contribution in [0.25, 0.3) is 0 Å². The van der Waals surface area contributed by atoms with Crippen LogP contribution in [-0.4, -0.2) is 41.7 Å². The van der Waals surface area contributed by atoms with Gasteiger partial charge in [-0.05, 0) is 66.1 Å². The van der Waals surface area contributed by atoms with Crippen molar-refractivity contribution in [2.45, 2.75) is 22.6 Å². The molecule has 1 aromatic heterocycles. The van der Waals surface area contributed by atoms with E-state index in [2.05, 4.69) is 10.3 Å². The largest absolute Gasteiger partial charge is 0.493 e. The monoisotopic (exact) mass is 639 g/mol. The summed E-state index contributed by atoms with van der Waals surface area (Å²) < 4.78 is 11.6. The van der Waals surface area contributed by atoms with Crippen LogP contribution in [0.15, 0.2) is 88.7 Å². The lowest BCUT2D eigenvalue weighted by molar-refractivity contribution is -0.123. The fourth-order valence-corrected chi connectivity index (χ4v) is 11.0. The lowest BCUT2D eigenvalue weighted by Gasteiger charge is -2.43. The second-order valence-electron chi connectivity index (χ2n) is 11.9. The van der Waals surface area contributed by atoms with E-state index in [1.54, 1.807) is 37.1 Å². The molecule has 3 fully saturated rings. The summed E-state index contributed by atoms with van der Waals surface area (Å²) in [7, 11) is 1.55. The van der Waals surface area contributed by atoms with Gasteiger partial charge in [0.25, 0.3) is 5.91 Å². The first-order chi connectivity index (χ1) is 21.9. The highest BCUT2D eigenvalue weighted by molar-refractivity contribution is 8.00. The number of amides is 3. The van der Waals surface area contributed by atoms with E-state index in [-0.39, 0.29) is 70.0 Å². The summed E-state index contributed by atoms with van der Waals surface area (Å²) in [6.45, 7) is -0.195. The SMILES string of the molecule is COc1cc([C@@H]2c3sc(=O)[nH]c3S[C@@H]3[C@@H]4C[C@@H]([C@@H]5C(=O)N(c6ccccc6)C(=O)[C@@H]45)[C@H]23)ccc1OCC(=O)Nc1ccccc1. The number of para-hydroxylation sites is 2. The first kappa shape index (κ1) is 28.1. The minimum Gasteiger partial charge on any atom is -0.493 e. The average Bonchev–Trinajstić information content (AvgIpc) is 3.79. The van der Waals surface area contributed by atoms with Crippen LogP contribution < -0.4 is 24.6 Å². The van der Waals surface area contributed by atoms with Crippen LogP contribution >= 0.6 is 23.1 Å². The molecule has 3 amide bonds. The summed E-state index contributed by atoms with van der Waals surface area (Å²) in [4.78, 5) is 58.1. The van der Waals surface area contributed by atoms with Crippen LogP contribution in [0.4, 0.5) is 11.4 Å². The Morgan fingerprint density at radius 2 is 1.64 bits per heavy atom. The molecule has 2 aliphatic carbocycles. The van der Waals surface area contributed by atoms with E-state index < -0.39 is 0 Å². The fourth-order valence-electron chi connectivity index (χ4n) is 8.08. The smallest absolute Gasteiger partial charge is 0.305 e. The molecule has 4 aliphatic rings. The van der Waals surface area contributed by atoms with Crippen molar-refractivity contribution in [2.75, 3.05) is 23.9 Å². The van der Waals surface area contributed by atoms with Gasteiger partial charge in [-0.1, -0.05) is 53.8 Å². The number of thiazole rings is 1. The maximum absolute atomic E-state index is 13.9. The molecule has 0 spiro atoms. The molecular weight excluding hydrogens is 611 g/mol. The third-order valence-corrected chi connectivity index (χ3v) is 12.3. The molecule has 2 bridgehead atoms. The van der Waals surface area contributed by atoms with Gasteiger partial charge in [0, 0.05) is 21.7 Å². The van der Waals surface area contributed by atoms with E-state index in [0.29, 0.717) is 22.9 Å². The predicted octanol–water partition coefficient (Wildman–Crippen LogP) is 5.14. The van der Waals surface area contributed by atoms with Crippen LogP contribution in [0.5, 0.6) is 11.5 Å². The molecule has 7 atom stereocenters. The number of fused-ring (bicyclic) bond motifs is 9. The minimum absolute atomic E-state index is 0.00150. The number of thioether (sulfide) groups is 1. The number of nitrogens with one attached hydrogen (secondary N) is 2. The van der Waals surface area contributed by atoms with Crippen molar-refractivity contribution in [1.82, 2.24) is 4.98 Å². The van der Waals surface area contributed by atoms with Crippen molar-refractivity contribution >= 4 is 52.2 Å². The number of hydrogen-bond acceptors (Lipinski definition) is 8. The van der Waals surface area contributed by atoms with Crippen molar-refractivity contribution in [1.29, 1.82) is 0 Å². The molecule has 2 N–H and O–H groups in total. The highest BCUT2D eigenvalue weighted by atomic mass is 32.2. The van der Waals surface area contributed by atoms with Gasteiger partial charge in [0.15, 0.2) is 18.1 Å². The van der Waals surface area contributed by atoms with Crippen molar-refractivity contribution in [2.24, 2.45) is 29.6 Å². The molecule has 0 radical (unpaired) electrons. The van der Waals surface area contributed by atoms with E-state index in [9.17, 15) is 19.2 Å². The lowest BCUT2D eigenvalue weighted by Crippen LogP contribution is -2.42. The molecular formula is C34H29N3O6S2. The van der Waals surface area contributed by atoms with Gasteiger partial charge < -0.3 is 19.8 Å². The zero-order valence-corrected chi connectivity index (χ0v) is 25.8. The molecule has 9 nitrogen and oxygen atoms in total. The van der Waals surface area contributed by atoms with Crippen LogP contribution in [0, 0.1) is 29.6 Å². The molecule has 2 aliphatic heterocycles. The molecule has 0 unspecified atom stereocenters. The number of carbonyl (C=O) groups is 3. The van der Waals surface area contributed by atoms with E-state index in [4.69, 9.17) is 9.47 Å². The Morgan fingerprint density at radius 1 is 0.933 bits per heavy atom. The van der Waals surface area contributed by atoms with Crippen molar-refractivity contribution in [3.8, 4) is 11.5 Å². The first-order valence-corrected chi connectivity index (χ1v) is 16.6. The van der Waals surface area contributed by atoms with E-state index >= 15 is 0 Å². The second kappa shape index (κ2) is 10.9. The maximum Gasteiger partial charge on any atom is 0.305 e. The second-order valence-corrected chi connectivity index (χ2v) is 14.1. The standard InChI is InChI=1S/C34H29N3O6S2/c1-42-23-14-17(12-13-22(23)43-16-24(38)35-18-8-4-2-5-9-18)25-26-20-15-21(29(26)44-31-30(25)45-34(41)36-31)28-27(20)32(39)37(33(28)40)19-10-6-3-7-11-19/h2-14,20-21,25-29H,15-16H2,1H3,(H,35,38)(H,36,41)/t20-,21-,25+,26-,27+,28+,29-/m1/s1. The Kier molecular flexibility index (Phi) is 6.83. The summed E-state index contributed by atoms with van der Waals surface area (Å²) in [5, 5.41) is 3.73. The predicted molar refractivity (Wildman–Crippen MR) is 171 cm³/mol. The lowest BCUT2D eigenvalue weighted by atomic mass is 9.68. The molecule has 3 heterocycles. The van der Waals surface area contributed by atoms with Gasteiger partial charge in [0.1, 0.15) is 0 Å². The van der Waals surface area contributed by atoms with Crippen LogP contribution in [0.1, 0.15) is 22.8 Å². The number of rotatable bonds is 7. The van der Waals surface area contributed by atoms with Crippen molar-refractivity contribution < 1.29 is 23.9 Å². The average molecular weight is 640 g/mol. The molecule has 8 rings (SSSR count). The number of benzene rings is 3. The summed E-state index contributed by atoms with van der Waals surface area (Å²) in [5.74, 6) is -0.415. The summed E-state index contributed by atoms with van der Waals surface area (Å²) in [6, 6.07) is 24.0. The molecule has 45 heavy (non-hydrogen) atoms. The number of aromatic nitrogens is 1. The molecule has 1 saturated heterocycles. The van der Waals surface area contributed by atoms with Crippen LogP contribution in [0.3, 0.4) is 0 Å². The van der Waals surface area contributed by atoms with Gasteiger partial charge in [-0.15, -0.1) is 11.8 Å².